The second-order valence-electron chi connectivity index (χ2n) is 5.10. The van der Waals surface area contributed by atoms with Crippen LogP contribution in [0.5, 0.6) is 0 Å². The second-order valence-corrected chi connectivity index (χ2v) is 6.04. The number of carbonyl (C=O) groups is 2. The number of thiophene rings is 1. The van der Waals surface area contributed by atoms with Gasteiger partial charge in [-0.2, -0.15) is 0 Å². The van der Waals surface area contributed by atoms with Crippen molar-refractivity contribution in [1.82, 2.24) is 10.2 Å². The van der Waals surface area contributed by atoms with E-state index in [2.05, 4.69) is 10.2 Å². The van der Waals surface area contributed by atoms with E-state index in [0.29, 0.717) is 13.0 Å². The summed E-state index contributed by atoms with van der Waals surface area (Å²) >= 11 is 1.49. The molecule has 0 fully saturated rings. The van der Waals surface area contributed by atoms with E-state index < -0.39 is 0 Å². The molecule has 5 heteroatoms. The number of nitrogens with zero attached hydrogens (tertiary/aromatic N) is 1. The van der Waals surface area contributed by atoms with Crippen LogP contribution in [-0.2, 0) is 4.79 Å². The molecule has 112 valence electrons. The Balaban J connectivity index is 2.27. The molecule has 4 nitrogen and oxygen atoms in total. The first-order valence-electron chi connectivity index (χ1n) is 7.11. The molecular weight excluding hydrogens is 272 g/mol. The summed E-state index contributed by atoms with van der Waals surface area (Å²) in [6.45, 7) is 7.94. The molecule has 1 aromatic rings. The van der Waals surface area contributed by atoms with Gasteiger partial charge in [-0.1, -0.05) is 13.0 Å². The van der Waals surface area contributed by atoms with Crippen molar-refractivity contribution in [2.75, 3.05) is 19.6 Å². The molecule has 0 unspecified atom stereocenters. The summed E-state index contributed by atoms with van der Waals surface area (Å²) in [5.74, 6) is 0.245. The van der Waals surface area contributed by atoms with Gasteiger partial charge in [0.15, 0.2) is 5.78 Å². The van der Waals surface area contributed by atoms with Gasteiger partial charge in [0.05, 0.1) is 11.4 Å². The summed E-state index contributed by atoms with van der Waals surface area (Å²) in [6, 6.07) is 3.93. The minimum atomic E-state index is 0.0476. The van der Waals surface area contributed by atoms with E-state index in [-0.39, 0.29) is 17.7 Å². The molecule has 1 amide bonds. The molecule has 0 spiro atoms. The topological polar surface area (TPSA) is 49.4 Å². The molecule has 0 saturated heterocycles. The van der Waals surface area contributed by atoms with Crippen molar-refractivity contribution in [2.24, 2.45) is 0 Å². The van der Waals surface area contributed by atoms with Crippen molar-refractivity contribution in [3.63, 3.8) is 0 Å². The van der Waals surface area contributed by atoms with Crippen LogP contribution in [0.2, 0.25) is 0 Å². The van der Waals surface area contributed by atoms with Crippen LogP contribution in [-0.4, -0.2) is 42.3 Å². The number of amides is 1. The fourth-order valence-corrected chi connectivity index (χ4v) is 2.64. The van der Waals surface area contributed by atoms with Gasteiger partial charge in [-0.15, -0.1) is 11.3 Å². The van der Waals surface area contributed by atoms with Crippen molar-refractivity contribution < 1.29 is 9.59 Å². The Bertz CT molecular complexity index is 416. The van der Waals surface area contributed by atoms with Gasteiger partial charge in [-0.05, 0) is 44.8 Å². The molecular formula is C15H24N2O2S. The number of likely N-dealkylation sites (N-methyl/N-ethyl adjacent to an activating group) is 1. The van der Waals surface area contributed by atoms with Gasteiger partial charge in [-0.3, -0.25) is 14.5 Å². The maximum Gasteiger partial charge on any atom is 0.234 e. The zero-order valence-corrected chi connectivity index (χ0v) is 13.3. The summed E-state index contributed by atoms with van der Waals surface area (Å²) < 4.78 is 0. The van der Waals surface area contributed by atoms with Crippen LogP contribution < -0.4 is 5.32 Å². The average Bonchev–Trinajstić information content (AvgIpc) is 2.90. The summed E-state index contributed by atoms with van der Waals surface area (Å²) in [4.78, 5) is 26.4. The maximum absolute atomic E-state index is 11.9. The van der Waals surface area contributed by atoms with Crippen LogP contribution in [0.4, 0.5) is 0 Å². The molecule has 1 rings (SSSR count). The zero-order valence-electron chi connectivity index (χ0n) is 12.5. The molecule has 1 heterocycles. The Morgan fingerprint density at radius 2 is 2.15 bits per heavy atom. The second kappa shape index (κ2) is 8.87. The number of ketones is 1. The maximum atomic E-state index is 11.9. The summed E-state index contributed by atoms with van der Waals surface area (Å²) in [5, 5.41) is 4.80. The zero-order chi connectivity index (χ0) is 15.0. The molecule has 0 saturated carbocycles. The smallest absolute Gasteiger partial charge is 0.234 e. The number of rotatable bonds is 9. The lowest BCUT2D eigenvalue weighted by molar-refractivity contribution is -0.122. The van der Waals surface area contributed by atoms with Gasteiger partial charge in [0.25, 0.3) is 0 Å². The molecule has 0 aliphatic rings. The minimum absolute atomic E-state index is 0.0476. The van der Waals surface area contributed by atoms with Gasteiger partial charge in [0.2, 0.25) is 5.91 Å². The van der Waals surface area contributed by atoms with Crippen LogP contribution >= 0.6 is 11.3 Å². The van der Waals surface area contributed by atoms with Crippen LogP contribution in [0, 0.1) is 0 Å². The molecule has 0 atom stereocenters. The average molecular weight is 296 g/mol. The van der Waals surface area contributed by atoms with Crippen LogP contribution in [0.15, 0.2) is 17.5 Å². The quantitative estimate of drug-likeness (QED) is 0.713. The van der Waals surface area contributed by atoms with E-state index in [1.54, 1.807) is 0 Å². The largest absolute Gasteiger partial charge is 0.353 e. The Hall–Kier alpha value is -1.20. The highest BCUT2D eigenvalue weighted by molar-refractivity contribution is 7.12. The lowest BCUT2D eigenvalue weighted by Crippen LogP contribution is -2.40. The Morgan fingerprint density at radius 1 is 1.40 bits per heavy atom. The number of nitrogens with one attached hydrogen (secondary N) is 1. The van der Waals surface area contributed by atoms with Crippen molar-refractivity contribution >= 4 is 23.0 Å². The number of carbonyl (C=O) groups excluding carboxylic acids is 2. The van der Waals surface area contributed by atoms with E-state index in [1.807, 2.05) is 38.3 Å². The number of hydrogen-bond acceptors (Lipinski definition) is 4. The Morgan fingerprint density at radius 3 is 2.70 bits per heavy atom. The summed E-state index contributed by atoms with van der Waals surface area (Å²) in [7, 11) is 0. The third-order valence-corrected chi connectivity index (χ3v) is 3.85. The van der Waals surface area contributed by atoms with Crippen LogP contribution in [0.1, 0.15) is 43.3 Å². The molecule has 0 radical (unpaired) electrons. The van der Waals surface area contributed by atoms with Crippen molar-refractivity contribution in [1.29, 1.82) is 0 Å². The lowest BCUT2D eigenvalue weighted by Gasteiger charge is -2.20. The first-order chi connectivity index (χ1) is 9.52. The van der Waals surface area contributed by atoms with Gasteiger partial charge in [0, 0.05) is 12.5 Å². The van der Waals surface area contributed by atoms with E-state index in [4.69, 9.17) is 0 Å². The predicted octanol–water partition coefficient (Wildman–Crippen LogP) is 2.56. The fraction of sp³-hybridized carbons (Fsp3) is 0.600. The van der Waals surface area contributed by atoms with Gasteiger partial charge < -0.3 is 5.32 Å². The molecule has 0 aliphatic heterocycles. The summed E-state index contributed by atoms with van der Waals surface area (Å²) in [5.41, 5.74) is 0. The summed E-state index contributed by atoms with van der Waals surface area (Å²) in [6.07, 6.45) is 1.34. The standard InChI is InChI=1S/C15H24N2O2S/c1-4-17(11-15(19)16-12(2)3)9-5-7-13(18)14-8-6-10-20-14/h6,8,10,12H,4-5,7,9,11H2,1-3H3,(H,16,19). The molecule has 0 aliphatic carbocycles. The molecule has 0 bridgehead atoms. The van der Waals surface area contributed by atoms with Crippen LogP contribution in [0.25, 0.3) is 0 Å². The normalized spacial score (nSPS) is 11.1. The third-order valence-electron chi connectivity index (χ3n) is 2.94. The molecule has 20 heavy (non-hydrogen) atoms. The first-order valence-corrected chi connectivity index (χ1v) is 7.99. The van der Waals surface area contributed by atoms with Crippen LogP contribution in [0.3, 0.4) is 0 Å². The molecule has 0 aromatic carbocycles. The van der Waals surface area contributed by atoms with Crippen molar-refractivity contribution in [2.45, 2.75) is 39.7 Å². The highest BCUT2D eigenvalue weighted by atomic mass is 32.1. The number of Topliss-reactive ketones (excluding diaryl/α,β-unsaturated/α-hetero) is 1. The number of hydrogen-bond donors (Lipinski definition) is 1. The Labute approximate surface area is 125 Å². The van der Waals surface area contributed by atoms with Gasteiger partial charge in [-0.25, -0.2) is 0 Å². The van der Waals surface area contributed by atoms with E-state index >= 15 is 0 Å². The van der Waals surface area contributed by atoms with Crippen molar-refractivity contribution in [3.05, 3.63) is 22.4 Å². The van der Waals surface area contributed by atoms with E-state index in [1.165, 1.54) is 11.3 Å². The minimum Gasteiger partial charge on any atom is -0.353 e. The highest BCUT2D eigenvalue weighted by Crippen LogP contribution is 2.12. The SMILES string of the molecule is CCN(CCCC(=O)c1cccs1)CC(=O)NC(C)C. The molecule has 1 aromatic heterocycles. The van der Waals surface area contributed by atoms with Gasteiger partial charge >= 0.3 is 0 Å². The highest BCUT2D eigenvalue weighted by Gasteiger charge is 2.11. The van der Waals surface area contributed by atoms with Gasteiger partial charge in [0.1, 0.15) is 0 Å². The fourth-order valence-electron chi connectivity index (χ4n) is 1.94. The third kappa shape index (κ3) is 6.30. The van der Waals surface area contributed by atoms with E-state index in [9.17, 15) is 9.59 Å². The van der Waals surface area contributed by atoms with E-state index in [0.717, 1.165) is 24.4 Å². The monoisotopic (exact) mass is 296 g/mol. The molecule has 1 N–H and O–H groups in total. The predicted molar refractivity (Wildman–Crippen MR) is 83.3 cm³/mol. The Kier molecular flexibility index (Phi) is 7.47. The first kappa shape index (κ1) is 16.9. The lowest BCUT2D eigenvalue weighted by atomic mass is 10.2. The van der Waals surface area contributed by atoms with Crippen molar-refractivity contribution in [3.8, 4) is 0 Å².